The van der Waals surface area contributed by atoms with E-state index in [4.69, 9.17) is 5.73 Å². The highest BCUT2D eigenvalue weighted by Crippen LogP contribution is 2.33. The lowest BCUT2D eigenvalue weighted by Crippen LogP contribution is -2.28. The molecule has 0 unspecified atom stereocenters. The molecule has 1 saturated heterocycles. The molecule has 0 aliphatic carbocycles. The first-order chi connectivity index (χ1) is 8.08. The van der Waals surface area contributed by atoms with Crippen molar-refractivity contribution in [2.45, 2.75) is 39.7 Å². The molecule has 0 aromatic carbocycles. The van der Waals surface area contributed by atoms with Crippen molar-refractivity contribution in [2.75, 3.05) is 18.8 Å². The van der Waals surface area contributed by atoms with Crippen molar-refractivity contribution >= 4 is 5.82 Å². The Morgan fingerprint density at radius 2 is 2.24 bits per heavy atom. The monoisotopic (exact) mass is 233 g/mol. The summed E-state index contributed by atoms with van der Waals surface area (Å²) in [4.78, 5) is 6.97. The fraction of sp³-hybridized carbons (Fsp3) is 0.643. The Balaban J connectivity index is 2.20. The number of likely N-dealkylation sites (tertiary alicyclic amines) is 1. The maximum absolute atomic E-state index is 5.72. The Kier molecular flexibility index (Phi) is 3.67. The zero-order valence-corrected chi connectivity index (χ0v) is 11.1. The number of hydrogen-bond donors (Lipinski definition) is 1. The van der Waals surface area contributed by atoms with Crippen LogP contribution < -0.4 is 5.73 Å². The SMILES string of the molecule is Cc1nc(N)ccc1[C@H]1CCCN1CC(C)C. The van der Waals surface area contributed by atoms with Crippen LogP contribution in [0.3, 0.4) is 0 Å². The number of nitrogens with zero attached hydrogens (tertiary/aromatic N) is 2. The van der Waals surface area contributed by atoms with Crippen molar-refractivity contribution in [3.05, 3.63) is 23.4 Å². The number of anilines is 1. The van der Waals surface area contributed by atoms with E-state index in [9.17, 15) is 0 Å². The standard InChI is InChI=1S/C14H23N3/c1-10(2)9-17-8-4-5-13(17)12-6-7-14(15)16-11(12)3/h6-7,10,13H,4-5,8-9H2,1-3H3,(H2,15,16)/t13-/m1/s1. The Labute approximate surface area is 104 Å². The molecule has 1 atom stereocenters. The van der Waals surface area contributed by atoms with Gasteiger partial charge in [0.15, 0.2) is 0 Å². The molecule has 0 spiro atoms. The van der Waals surface area contributed by atoms with Gasteiger partial charge in [0.2, 0.25) is 0 Å². The van der Waals surface area contributed by atoms with E-state index >= 15 is 0 Å². The van der Waals surface area contributed by atoms with Crippen molar-refractivity contribution < 1.29 is 0 Å². The second kappa shape index (κ2) is 5.05. The average Bonchev–Trinajstić information content (AvgIpc) is 2.65. The third-order valence-corrected chi connectivity index (χ3v) is 3.47. The smallest absolute Gasteiger partial charge is 0.123 e. The maximum Gasteiger partial charge on any atom is 0.123 e. The van der Waals surface area contributed by atoms with Crippen LogP contribution >= 0.6 is 0 Å². The van der Waals surface area contributed by atoms with Crippen LogP contribution in [0.4, 0.5) is 5.82 Å². The zero-order valence-electron chi connectivity index (χ0n) is 11.1. The first kappa shape index (κ1) is 12.4. The van der Waals surface area contributed by atoms with Gasteiger partial charge in [0.25, 0.3) is 0 Å². The van der Waals surface area contributed by atoms with Crippen molar-refractivity contribution in [3.8, 4) is 0 Å². The summed E-state index contributed by atoms with van der Waals surface area (Å²) in [5.74, 6) is 1.34. The third-order valence-electron chi connectivity index (χ3n) is 3.47. The quantitative estimate of drug-likeness (QED) is 0.873. The van der Waals surface area contributed by atoms with Crippen molar-refractivity contribution in [2.24, 2.45) is 5.92 Å². The minimum absolute atomic E-state index is 0.547. The largest absolute Gasteiger partial charge is 0.384 e. The molecule has 1 aliphatic heterocycles. The van der Waals surface area contributed by atoms with Gasteiger partial charge in [-0.25, -0.2) is 4.98 Å². The summed E-state index contributed by atoms with van der Waals surface area (Å²) in [6.07, 6.45) is 2.54. The molecule has 94 valence electrons. The van der Waals surface area contributed by atoms with E-state index < -0.39 is 0 Å². The summed E-state index contributed by atoms with van der Waals surface area (Å²) in [6, 6.07) is 4.63. The van der Waals surface area contributed by atoms with Crippen LogP contribution in [0.5, 0.6) is 0 Å². The lowest BCUT2D eigenvalue weighted by Gasteiger charge is -2.27. The summed E-state index contributed by atoms with van der Waals surface area (Å²) >= 11 is 0. The molecule has 1 aromatic rings. The van der Waals surface area contributed by atoms with Gasteiger partial charge in [-0.15, -0.1) is 0 Å². The molecule has 1 aromatic heterocycles. The molecule has 0 radical (unpaired) electrons. The summed E-state index contributed by atoms with van der Waals surface area (Å²) in [5, 5.41) is 0. The molecule has 1 fully saturated rings. The van der Waals surface area contributed by atoms with Gasteiger partial charge in [-0.2, -0.15) is 0 Å². The molecule has 0 amide bonds. The van der Waals surface area contributed by atoms with Gasteiger partial charge >= 0.3 is 0 Å². The summed E-state index contributed by atoms with van der Waals surface area (Å²) < 4.78 is 0. The molecule has 3 heteroatoms. The lowest BCUT2D eigenvalue weighted by molar-refractivity contribution is 0.228. The highest BCUT2D eigenvalue weighted by molar-refractivity contribution is 5.35. The van der Waals surface area contributed by atoms with Crippen LogP contribution in [0.1, 0.15) is 44.0 Å². The number of aromatic nitrogens is 1. The molecule has 17 heavy (non-hydrogen) atoms. The number of hydrogen-bond acceptors (Lipinski definition) is 3. The minimum Gasteiger partial charge on any atom is -0.384 e. The number of nitrogens with two attached hydrogens (primary N) is 1. The van der Waals surface area contributed by atoms with E-state index in [1.807, 2.05) is 6.07 Å². The number of pyridine rings is 1. The van der Waals surface area contributed by atoms with Crippen LogP contribution in [-0.4, -0.2) is 23.0 Å². The first-order valence-corrected chi connectivity index (χ1v) is 6.55. The van der Waals surface area contributed by atoms with E-state index in [1.54, 1.807) is 0 Å². The van der Waals surface area contributed by atoms with Gasteiger partial charge in [-0.1, -0.05) is 19.9 Å². The number of nitrogen functional groups attached to an aromatic ring is 1. The zero-order chi connectivity index (χ0) is 12.4. The van der Waals surface area contributed by atoms with Gasteiger partial charge in [0.05, 0.1) is 0 Å². The fourth-order valence-corrected chi connectivity index (χ4v) is 2.81. The Morgan fingerprint density at radius 1 is 1.47 bits per heavy atom. The summed E-state index contributed by atoms with van der Waals surface area (Å²) in [5.41, 5.74) is 8.16. The second-order valence-electron chi connectivity index (χ2n) is 5.46. The molecule has 3 nitrogen and oxygen atoms in total. The average molecular weight is 233 g/mol. The van der Waals surface area contributed by atoms with E-state index in [2.05, 4.69) is 36.7 Å². The van der Waals surface area contributed by atoms with E-state index in [0.29, 0.717) is 11.9 Å². The first-order valence-electron chi connectivity index (χ1n) is 6.55. The Morgan fingerprint density at radius 3 is 2.88 bits per heavy atom. The second-order valence-corrected chi connectivity index (χ2v) is 5.46. The molecule has 0 bridgehead atoms. The third kappa shape index (κ3) is 2.78. The predicted octanol–water partition coefficient (Wildman–Crippen LogP) is 2.77. The van der Waals surface area contributed by atoms with E-state index in [1.165, 1.54) is 31.5 Å². The van der Waals surface area contributed by atoms with Gasteiger partial charge in [0.1, 0.15) is 5.82 Å². The van der Waals surface area contributed by atoms with Gasteiger partial charge in [0, 0.05) is 18.3 Å². The summed E-state index contributed by atoms with van der Waals surface area (Å²) in [6.45, 7) is 9.02. The fourth-order valence-electron chi connectivity index (χ4n) is 2.81. The minimum atomic E-state index is 0.547. The van der Waals surface area contributed by atoms with E-state index in [-0.39, 0.29) is 0 Å². The molecule has 2 N–H and O–H groups in total. The molecule has 2 rings (SSSR count). The molecule has 0 saturated carbocycles. The van der Waals surface area contributed by atoms with Gasteiger partial charge in [-0.3, -0.25) is 4.90 Å². The van der Waals surface area contributed by atoms with Gasteiger partial charge < -0.3 is 5.73 Å². The van der Waals surface area contributed by atoms with Crippen LogP contribution in [0.2, 0.25) is 0 Å². The number of aryl methyl sites for hydroxylation is 1. The molecular weight excluding hydrogens is 210 g/mol. The predicted molar refractivity (Wildman–Crippen MR) is 71.8 cm³/mol. The molecule has 2 heterocycles. The topological polar surface area (TPSA) is 42.1 Å². The molecular formula is C14H23N3. The Bertz CT molecular complexity index is 387. The highest BCUT2D eigenvalue weighted by Gasteiger charge is 2.27. The lowest BCUT2D eigenvalue weighted by atomic mass is 10.0. The van der Waals surface area contributed by atoms with Crippen molar-refractivity contribution in [1.82, 2.24) is 9.88 Å². The normalized spacial score (nSPS) is 21.3. The maximum atomic E-state index is 5.72. The Hall–Kier alpha value is -1.09. The summed E-state index contributed by atoms with van der Waals surface area (Å²) in [7, 11) is 0. The van der Waals surface area contributed by atoms with Crippen molar-refractivity contribution in [3.63, 3.8) is 0 Å². The van der Waals surface area contributed by atoms with Gasteiger partial charge in [-0.05, 0) is 43.9 Å². The number of rotatable bonds is 3. The van der Waals surface area contributed by atoms with Crippen LogP contribution in [0.25, 0.3) is 0 Å². The molecule has 1 aliphatic rings. The van der Waals surface area contributed by atoms with E-state index in [0.717, 1.165) is 11.6 Å². The van der Waals surface area contributed by atoms with Crippen LogP contribution in [-0.2, 0) is 0 Å². The van der Waals surface area contributed by atoms with Crippen LogP contribution in [0, 0.1) is 12.8 Å². The van der Waals surface area contributed by atoms with Crippen molar-refractivity contribution in [1.29, 1.82) is 0 Å². The van der Waals surface area contributed by atoms with Crippen LogP contribution in [0.15, 0.2) is 12.1 Å². The highest BCUT2D eigenvalue weighted by atomic mass is 15.2.